The van der Waals surface area contributed by atoms with E-state index in [4.69, 9.17) is 21.6 Å². The van der Waals surface area contributed by atoms with Gasteiger partial charge in [-0.1, -0.05) is 17.7 Å². The summed E-state index contributed by atoms with van der Waals surface area (Å²) < 4.78 is 4.91. The molecule has 0 radical (unpaired) electrons. The molecule has 1 aromatic rings. The minimum Gasteiger partial charge on any atom is -0.443 e. The first-order valence-electron chi connectivity index (χ1n) is 4.52. The molecule has 2 rings (SSSR count). The Kier molecular flexibility index (Phi) is 2.37. The van der Waals surface area contributed by atoms with Gasteiger partial charge in [0.15, 0.2) is 6.10 Å². The molecule has 1 aliphatic rings. The summed E-state index contributed by atoms with van der Waals surface area (Å²) in [4.78, 5) is 11.6. The third-order valence-electron chi connectivity index (χ3n) is 2.48. The fourth-order valence-corrected chi connectivity index (χ4v) is 1.95. The first kappa shape index (κ1) is 10.0. The predicted molar refractivity (Wildman–Crippen MR) is 54.7 cm³/mol. The van der Waals surface area contributed by atoms with Crippen LogP contribution in [0.3, 0.4) is 0 Å². The van der Waals surface area contributed by atoms with E-state index in [0.29, 0.717) is 17.0 Å². The molecular weight excluding hydrogens is 214 g/mol. The van der Waals surface area contributed by atoms with Gasteiger partial charge in [-0.3, -0.25) is 0 Å². The van der Waals surface area contributed by atoms with Gasteiger partial charge in [-0.15, -0.1) is 0 Å². The maximum Gasteiger partial charge on any atom is 0.341 e. The van der Waals surface area contributed by atoms with Crippen LogP contribution < -0.4 is 0 Å². The van der Waals surface area contributed by atoms with Crippen molar-refractivity contribution in [2.75, 3.05) is 0 Å². The summed E-state index contributed by atoms with van der Waals surface area (Å²) in [6, 6.07) is 5.45. The van der Waals surface area contributed by atoms with Crippen molar-refractivity contribution in [3.05, 3.63) is 33.8 Å². The zero-order chi connectivity index (χ0) is 11.0. The molecule has 76 valence electrons. The van der Waals surface area contributed by atoms with Crippen molar-refractivity contribution >= 4 is 17.6 Å². The fraction of sp³-hybridized carbons (Fsp3) is 0.273. The van der Waals surface area contributed by atoms with Gasteiger partial charge < -0.3 is 4.74 Å². The number of carbonyl (C=O) groups excluding carboxylic acids is 1. The van der Waals surface area contributed by atoms with Crippen LogP contribution in [0.5, 0.6) is 0 Å². The zero-order valence-electron chi connectivity index (χ0n) is 8.08. The van der Waals surface area contributed by atoms with Crippen LogP contribution in [-0.4, -0.2) is 12.1 Å². The quantitative estimate of drug-likeness (QED) is 0.632. The molecule has 1 heterocycles. The Morgan fingerprint density at radius 3 is 3.00 bits per heavy atom. The number of carbonyl (C=O) groups is 1. The van der Waals surface area contributed by atoms with Crippen molar-refractivity contribution in [2.45, 2.75) is 19.4 Å². The Morgan fingerprint density at radius 2 is 2.33 bits per heavy atom. The Labute approximate surface area is 92.2 Å². The highest BCUT2D eigenvalue weighted by atomic mass is 35.5. The SMILES string of the molecule is Cc1ccc(Cl)c2c1CC(C#N)OC2=O. The standard InChI is InChI=1S/C11H8ClNO2/c1-6-2-3-9(12)10-8(6)4-7(5-13)15-11(10)14/h2-3,7H,4H2,1H3. The molecule has 0 saturated heterocycles. The second kappa shape index (κ2) is 3.56. The van der Waals surface area contributed by atoms with Gasteiger partial charge in [-0.05, 0) is 24.1 Å². The van der Waals surface area contributed by atoms with Crippen molar-refractivity contribution in [3.63, 3.8) is 0 Å². The molecule has 0 bridgehead atoms. The van der Waals surface area contributed by atoms with Gasteiger partial charge in [0.1, 0.15) is 6.07 Å². The summed E-state index contributed by atoms with van der Waals surface area (Å²) >= 11 is 5.92. The van der Waals surface area contributed by atoms with Crippen molar-refractivity contribution in [2.24, 2.45) is 0 Å². The van der Waals surface area contributed by atoms with E-state index in [2.05, 4.69) is 0 Å². The minimum atomic E-state index is -0.692. The molecule has 0 spiro atoms. The van der Waals surface area contributed by atoms with E-state index in [1.807, 2.05) is 19.1 Å². The first-order chi connectivity index (χ1) is 7.13. The van der Waals surface area contributed by atoms with Crippen LogP contribution >= 0.6 is 11.6 Å². The number of rotatable bonds is 0. The van der Waals surface area contributed by atoms with Gasteiger partial charge in [0.25, 0.3) is 0 Å². The predicted octanol–water partition coefficient (Wildman–Crippen LogP) is 2.25. The molecule has 1 unspecified atom stereocenters. The normalized spacial score (nSPS) is 19.0. The van der Waals surface area contributed by atoms with Crippen molar-refractivity contribution < 1.29 is 9.53 Å². The largest absolute Gasteiger partial charge is 0.443 e. The van der Waals surface area contributed by atoms with E-state index in [1.165, 1.54) is 0 Å². The molecule has 0 N–H and O–H groups in total. The summed E-state index contributed by atoms with van der Waals surface area (Å²) in [6.07, 6.45) is -0.272. The van der Waals surface area contributed by atoms with Crippen LogP contribution in [0.1, 0.15) is 21.5 Å². The lowest BCUT2D eigenvalue weighted by Crippen LogP contribution is -2.27. The molecule has 0 fully saturated rings. The van der Waals surface area contributed by atoms with E-state index >= 15 is 0 Å². The maximum atomic E-state index is 11.6. The van der Waals surface area contributed by atoms with E-state index < -0.39 is 12.1 Å². The third kappa shape index (κ3) is 1.57. The number of nitrogens with zero attached hydrogens (tertiary/aromatic N) is 1. The Bertz CT molecular complexity index is 476. The lowest BCUT2D eigenvalue weighted by Gasteiger charge is -2.22. The number of halogens is 1. The molecular formula is C11H8ClNO2. The fourth-order valence-electron chi connectivity index (χ4n) is 1.69. The molecule has 1 aromatic carbocycles. The first-order valence-corrected chi connectivity index (χ1v) is 4.90. The van der Waals surface area contributed by atoms with Crippen LogP contribution in [0.2, 0.25) is 5.02 Å². The molecule has 3 nitrogen and oxygen atoms in total. The number of esters is 1. The summed E-state index contributed by atoms with van der Waals surface area (Å²) in [6.45, 7) is 1.89. The monoisotopic (exact) mass is 221 g/mol. The smallest absolute Gasteiger partial charge is 0.341 e. The number of aryl methyl sites for hydroxylation is 1. The number of hydrogen-bond donors (Lipinski definition) is 0. The Morgan fingerprint density at radius 1 is 1.60 bits per heavy atom. The Balaban J connectivity index is 2.60. The van der Waals surface area contributed by atoms with Crippen molar-refractivity contribution in [1.82, 2.24) is 0 Å². The van der Waals surface area contributed by atoms with Gasteiger partial charge in [0, 0.05) is 6.42 Å². The van der Waals surface area contributed by atoms with E-state index in [9.17, 15) is 4.79 Å². The minimum absolute atomic E-state index is 0.386. The molecule has 1 atom stereocenters. The van der Waals surface area contributed by atoms with Crippen LogP contribution in [-0.2, 0) is 11.2 Å². The number of fused-ring (bicyclic) bond motifs is 1. The number of nitriles is 1. The average molecular weight is 222 g/mol. The topological polar surface area (TPSA) is 50.1 Å². The number of ether oxygens (including phenoxy) is 1. The van der Waals surface area contributed by atoms with Crippen LogP contribution in [0, 0.1) is 18.3 Å². The molecule has 0 aliphatic carbocycles. The zero-order valence-corrected chi connectivity index (χ0v) is 8.84. The number of cyclic esters (lactones) is 1. The summed E-state index contributed by atoms with van der Waals surface area (Å²) in [7, 11) is 0. The van der Waals surface area contributed by atoms with E-state index in [1.54, 1.807) is 6.07 Å². The van der Waals surface area contributed by atoms with Crippen molar-refractivity contribution in [1.29, 1.82) is 5.26 Å². The summed E-state index contributed by atoms with van der Waals surface area (Å²) in [5.41, 5.74) is 2.19. The van der Waals surface area contributed by atoms with Gasteiger partial charge in [0.2, 0.25) is 0 Å². The van der Waals surface area contributed by atoms with Crippen LogP contribution in [0.4, 0.5) is 0 Å². The molecule has 0 amide bonds. The van der Waals surface area contributed by atoms with E-state index in [0.717, 1.165) is 11.1 Å². The molecule has 4 heteroatoms. The average Bonchev–Trinajstić information content (AvgIpc) is 2.23. The van der Waals surface area contributed by atoms with Crippen LogP contribution in [0.15, 0.2) is 12.1 Å². The van der Waals surface area contributed by atoms with Gasteiger partial charge in [0.05, 0.1) is 10.6 Å². The highest BCUT2D eigenvalue weighted by Crippen LogP contribution is 2.29. The summed E-state index contributed by atoms with van der Waals surface area (Å²) in [5, 5.41) is 9.12. The highest BCUT2D eigenvalue weighted by molar-refractivity contribution is 6.33. The second-order valence-electron chi connectivity index (χ2n) is 3.45. The molecule has 15 heavy (non-hydrogen) atoms. The highest BCUT2D eigenvalue weighted by Gasteiger charge is 2.29. The second-order valence-corrected chi connectivity index (χ2v) is 3.85. The van der Waals surface area contributed by atoms with E-state index in [-0.39, 0.29) is 0 Å². The maximum absolute atomic E-state index is 11.6. The molecule has 1 aliphatic heterocycles. The van der Waals surface area contributed by atoms with Gasteiger partial charge in [-0.2, -0.15) is 5.26 Å². The summed E-state index contributed by atoms with van der Waals surface area (Å²) in [5.74, 6) is -0.503. The Hall–Kier alpha value is -1.53. The lowest BCUT2D eigenvalue weighted by atomic mass is 9.94. The molecule has 0 saturated carbocycles. The third-order valence-corrected chi connectivity index (χ3v) is 2.80. The van der Waals surface area contributed by atoms with Crippen molar-refractivity contribution in [3.8, 4) is 6.07 Å². The number of benzene rings is 1. The van der Waals surface area contributed by atoms with Gasteiger partial charge >= 0.3 is 5.97 Å². The number of hydrogen-bond acceptors (Lipinski definition) is 3. The van der Waals surface area contributed by atoms with Gasteiger partial charge in [-0.25, -0.2) is 4.79 Å². The van der Waals surface area contributed by atoms with Crippen LogP contribution in [0.25, 0.3) is 0 Å². The lowest BCUT2D eigenvalue weighted by molar-refractivity contribution is 0.0370. The molecule has 0 aromatic heterocycles.